The third-order valence-corrected chi connectivity index (χ3v) is 8.84. The summed E-state index contributed by atoms with van der Waals surface area (Å²) in [5, 5.41) is 3.88. The molecule has 0 spiro atoms. The summed E-state index contributed by atoms with van der Waals surface area (Å²) >= 11 is 0. The van der Waals surface area contributed by atoms with Gasteiger partial charge in [-0.25, -0.2) is 4.39 Å². The third-order valence-electron chi connectivity index (χ3n) is 8.84. The minimum absolute atomic E-state index is 0.00293. The number of rotatable bonds is 2. The second-order valence-corrected chi connectivity index (χ2v) is 11.2. The van der Waals surface area contributed by atoms with Crippen LogP contribution >= 0.6 is 0 Å². The second kappa shape index (κ2) is 8.61. The van der Waals surface area contributed by atoms with E-state index in [1.54, 1.807) is 12.1 Å². The average Bonchev–Trinajstić information content (AvgIpc) is 3.02. The Hall–Kier alpha value is -5.29. The molecule has 0 bridgehead atoms. The van der Waals surface area contributed by atoms with E-state index in [4.69, 9.17) is 4.74 Å². The molecule has 198 valence electrons. The maximum atomic E-state index is 14.5. The molecule has 0 saturated heterocycles. The van der Waals surface area contributed by atoms with Crippen LogP contribution in [0.25, 0.3) is 22.3 Å². The van der Waals surface area contributed by atoms with Gasteiger partial charge in [-0.3, -0.25) is 0 Å². The van der Waals surface area contributed by atoms with Crippen LogP contribution in [0.5, 0.6) is 11.5 Å². The summed E-state index contributed by atoms with van der Waals surface area (Å²) in [6.45, 7) is 2.16. The molecule has 3 aliphatic heterocycles. The number of ether oxygens (including phenoxy) is 1. The van der Waals surface area contributed by atoms with E-state index in [-0.39, 0.29) is 12.5 Å². The van der Waals surface area contributed by atoms with Crippen LogP contribution in [0.15, 0.2) is 121 Å². The Labute approximate surface area is 243 Å². The molecule has 6 aromatic rings. The van der Waals surface area contributed by atoms with E-state index in [0.29, 0.717) is 0 Å². The second-order valence-electron chi connectivity index (χ2n) is 11.2. The van der Waals surface area contributed by atoms with E-state index in [1.807, 2.05) is 24.3 Å². The molecule has 0 atom stereocenters. The number of nitrogens with one attached hydrogen (secondary N) is 1. The van der Waals surface area contributed by atoms with Gasteiger partial charge in [0.25, 0.3) is 6.71 Å². The van der Waals surface area contributed by atoms with E-state index >= 15 is 0 Å². The van der Waals surface area contributed by atoms with Crippen molar-refractivity contribution in [3.63, 3.8) is 0 Å². The first-order valence-corrected chi connectivity index (χ1v) is 14.3. The number of hydrogen-bond acceptors (Lipinski definition) is 3. The number of halogens is 1. The molecule has 0 fully saturated rings. The Balaban J connectivity index is 1.38. The predicted molar refractivity (Wildman–Crippen MR) is 171 cm³/mol. The summed E-state index contributed by atoms with van der Waals surface area (Å²) in [5.74, 6) is 1.41. The lowest BCUT2D eigenvalue weighted by Crippen LogP contribution is -2.60. The lowest BCUT2D eigenvalue weighted by atomic mass is 9.33. The quantitative estimate of drug-likeness (QED) is 0.225. The van der Waals surface area contributed by atoms with Gasteiger partial charge >= 0.3 is 0 Å². The van der Waals surface area contributed by atoms with Crippen LogP contribution in [-0.2, 0) is 0 Å². The lowest BCUT2D eigenvalue weighted by molar-refractivity contribution is 0.477. The number of nitrogens with zero attached hydrogens (tertiary/aromatic N) is 1. The highest BCUT2D eigenvalue weighted by molar-refractivity contribution is 7.00. The Morgan fingerprint density at radius 3 is 2.33 bits per heavy atom. The number of anilines is 5. The fourth-order valence-corrected chi connectivity index (χ4v) is 7.04. The van der Waals surface area contributed by atoms with Crippen molar-refractivity contribution in [3.05, 3.63) is 133 Å². The summed E-state index contributed by atoms with van der Waals surface area (Å²) in [4.78, 5) is 2.33. The molecular weight excluding hydrogens is 518 g/mol. The Morgan fingerprint density at radius 1 is 0.667 bits per heavy atom. The van der Waals surface area contributed by atoms with Gasteiger partial charge in [-0.1, -0.05) is 78.9 Å². The fraction of sp³-hybridized carbons (Fsp3) is 0.0270. The summed E-state index contributed by atoms with van der Waals surface area (Å²) in [6, 6.07) is 40.9. The first-order valence-electron chi connectivity index (χ1n) is 14.3. The van der Waals surface area contributed by atoms with Crippen molar-refractivity contribution >= 4 is 51.5 Å². The summed E-state index contributed by atoms with van der Waals surface area (Å²) in [5.41, 5.74) is 14.3. The van der Waals surface area contributed by atoms with Gasteiger partial charge in [-0.15, -0.1) is 0 Å². The number of aryl methyl sites for hydroxylation is 1. The minimum atomic E-state index is -0.249. The maximum absolute atomic E-state index is 14.5. The molecule has 0 radical (unpaired) electrons. The summed E-state index contributed by atoms with van der Waals surface area (Å²) in [7, 11) is 0. The highest BCUT2D eigenvalue weighted by atomic mass is 19.1. The van der Waals surface area contributed by atoms with Crippen LogP contribution in [0.4, 0.5) is 32.8 Å². The number of benzene rings is 6. The maximum Gasteiger partial charge on any atom is 0.252 e. The average molecular weight is 542 g/mol. The largest absolute Gasteiger partial charge is 0.453 e. The molecule has 0 saturated carbocycles. The molecular formula is C37H24BFN2O. The molecule has 0 unspecified atom stereocenters. The lowest BCUT2D eigenvalue weighted by Gasteiger charge is -2.44. The molecule has 6 aromatic carbocycles. The van der Waals surface area contributed by atoms with E-state index in [1.165, 1.54) is 39.1 Å². The van der Waals surface area contributed by atoms with Crippen molar-refractivity contribution in [3.8, 4) is 33.8 Å². The zero-order valence-corrected chi connectivity index (χ0v) is 22.9. The SMILES string of the molecule is Cc1ccccc1-c1cccc2c1Nc1cc(-c3cccc(F)c3)cc3c1B2c1cccc2c1N3c1ccccc1O2. The molecule has 5 heteroatoms. The van der Waals surface area contributed by atoms with Crippen LogP contribution in [0.2, 0.25) is 0 Å². The van der Waals surface area contributed by atoms with Crippen molar-refractivity contribution in [1.29, 1.82) is 0 Å². The van der Waals surface area contributed by atoms with Crippen molar-refractivity contribution in [2.24, 2.45) is 0 Å². The topological polar surface area (TPSA) is 24.5 Å². The highest BCUT2D eigenvalue weighted by Gasteiger charge is 2.44. The van der Waals surface area contributed by atoms with Gasteiger partial charge in [0.15, 0.2) is 11.5 Å². The highest BCUT2D eigenvalue weighted by Crippen LogP contribution is 2.52. The van der Waals surface area contributed by atoms with Crippen molar-refractivity contribution in [1.82, 2.24) is 0 Å². The summed E-state index contributed by atoms with van der Waals surface area (Å²) in [6.07, 6.45) is 0. The molecule has 0 aliphatic carbocycles. The van der Waals surface area contributed by atoms with Gasteiger partial charge in [0.05, 0.1) is 11.4 Å². The first kappa shape index (κ1) is 23.4. The third kappa shape index (κ3) is 3.22. The van der Waals surface area contributed by atoms with Crippen molar-refractivity contribution in [2.45, 2.75) is 6.92 Å². The number of fused-ring (bicyclic) bond motifs is 6. The van der Waals surface area contributed by atoms with E-state index in [0.717, 1.165) is 51.1 Å². The molecule has 3 aliphatic rings. The molecule has 3 heterocycles. The Bertz CT molecular complexity index is 2110. The van der Waals surface area contributed by atoms with Gasteiger partial charge in [-0.05, 0) is 88.0 Å². The molecule has 0 aromatic heterocycles. The van der Waals surface area contributed by atoms with Crippen LogP contribution in [0.3, 0.4) is 0 Å². The number of hydrogen-bond donors (Lipinski definition) is 1. The smallest absolute Gasteiger partial charge is 0.252 e. The zero-order valence-electron chi connectivity index (χ0n) is 22.9. The first-order chi connectivity index (χ1) is 20.7. The number of para-hydroxylation sites is 4. The Kier molecular flexibility index (Phi) is 4.80. The van der Waals surface area contributed by atoms with E-state index < -0.39 is 0 Å². The van der Waals surface area contributed by atoms with Crippen molar-refractivity contribution < 1.29 is 9.13 Å². The Morgan fingerprint density at radius 2 is 1.43 bits per heavy atom. The van der Waals surface area contributed by atoms with E-state index in [9.17, 15) is 4.39 Å². The van der Waals surface area contributed by atoms with Crippen LogP contribution in [-0.4, -0.2) is 6.71 Å². The zero-order chi connectivity index (χ0) is 27.9. The molecule has 0 amide bonds. The van der Waals surface area contributed by atoms with Gasteiger partial charge in [0, 0.05) is 22.6 Å². The molecule has 3 nitrogen and oxygen atoms in total. The van der Waals surface area contributed by atoms with Gasteiger partial charge in [-0.2, -0.15) is 0 Å². The normalized spacial score (nSPS) is 13.3. The van der Waals surface area contributed by atoms with Gasteiger partial charge < -0.3 is 15.0 Å². The standard InChI is InChI=1S/C37H24BFN2O/c1-22-9-2-3-12-26(22)27-13-7-14-28-36(27)40-30-20-24(23-10-6-11-25(39)19-23)21-32-35(30)38(28)29-15-8-18-34-37(29)41(32)31-16-4-5-17-33(31)42-34/h2-21,40H,1H3. The molecule has 9 rings (SSSR count). The monoisotopic (exact) mass is 542 g/mol. The van der Waals surface area contributed by atoms with Gasteiger partial charge in [0.2, 0.25) is 0 Å². The fourth-order valence-electron chi connectivity index (χ4n) is 7.04. The molecule has 1 N–H and O–H groups in total. The van der Waals surface area contributed by atoms with Gasteiger partial charge in [0.1, 0.15) is 5.82 Å². The van der Waals surface area contributed by atoms with Crippen LogP contribution in [0.1, 0.15) is 5.56 Å². The van der Waals surface area contributed by atoms with Crippen molar-refractivity contribution in [2.75, 3.05) is 10.2 Å². The predicted octanol–water partition coefficient (Wildman–Crippen LogP) is 7.93. The minimum Gasteiger partial charge on any atom is -0.453 e. The van der Waals surface area contributed by atoms with Crippen LogP contribution < -0.4 is 31.3 Å². The molecule has 42 heavy (non-hydrogen) atoms. The van der Waals surface area contributed by atoms with Crippen LogP contribution in [0, 0.1) is 12.7 Å². The van der Waals surface area contributed by atoms with E-state index in [2.05, 4.69) is 96.0 Å². The summed E-state index contributed by atoms with van der Waals surface area (Å²) < 4.78 is 21.0.